The van der Waals surface area contributed by atoms with E-state index in [-0.39, 0.29) is 13.2 Å². The Morgan fingerprint density at radius 3 is 2.62 bits per heavy atom. The number of ether oxygens (including phenoxy) is 2. The quantitative estimate of drug-likeness (QED) is 0.370. The minimum Gasteiger partial charge on any atom is -0.431 e. The number of rotatable bonds is 4. The molecule has 1 aromatic carbocycles. The van der Waals surface area contributed by atoms with Crippen LogP contribution in [0.15, 0.2) is 48.8 Å². The number of hydroxylamine groups is 2. The molecule has 1 unspecified atom stereocenters. The molecule has 0 aliphatic carbocycles. The molecule has 3 aromatic rings. The number of nitrogens with zero attached hydrogens (tertiary/aromatic N) is 3. The van der Waals surface area contributed by atoms with Gasteiger partial charge in [-0.3, -0.25) is 4.98 Å². The molecule has 0 bridgehead atoms. The number of aromatic nitrogens is 2. The topological polar surface area (TPSA) is 87.6 Å². The zero-order valence-electron chi connectivity index (χ0n) is 17.9. The lowest BCUT2D eigenvalue weighted by molar-refractivity contribution is -0.0718. The molecule has 8 nitrogen and oxygen atoms in total. The Labute approximate surface area is 189 Å². The van der Waals surface area contributed by atoms with E-state index in [0.717, 1.165) is 26.8 Å². The van der Waals surface area contributed by atoms with Gasteiger partial charge in [-0.2, -0.15) is 9.59 Å². The van der Waals surface area contributed by atoms with Gasteiger partial charge in [-0.1, -0.05) is 6.07 Å². The summed E-state index contributed by atoms with van der Waals surface area (Å²) in [6, 6.07) is 11.2. The van der Waals surface area contributed by atoms with Gasteiger partial charge in [0, 0.05) is 39.0 Å². The van der Waals surface area contributed by atoms with E-state index in [2.05, 4.69) is 4.98 Å². The minimum atomic E-state index is -0.961. The standard InChI is InChI=1S/C23H22N3O5S/c1-4-29-22(27)26(31-23(28)30-5-2)13-11-16-14-17(9-10-19(16)26)20-15(3)32-21(25-20)18-8-6-7-12-24-18/h6-14H,4-5H2,1-3H3/q+1. The Kier molecular flexibility index (Phi) is 6.02. The molecule has 1 amide bonds. The van der Waals surface area contributed by atoms with Crippen molar-refractivity contribution in [3.8, 4) is 22.0 Å². The molecule has 1 aliphatic heterocycles. The molecule has 4 rings (SSSR count). The molecular formula is C23H22N3O5S+. The smallest absolute Gasteiger partial charge is 0.431 e. The highest BCUT2D eigenvalue weighted by Gasteiger charge is 2.50. The first-order chi connectivity index (χ1) is 15.5. The van der Waals surface area contributed by atoms with Crippen LogP contribution in [0.3, 0.4) is 0 Å². The van der Waals surface area contributed by atoms with E-state index >= 15 is 0 Å². The number of fused-ring (bicyclic) bond motifs is 1. The third kappa shape index (κ3) is 3.88. The van der Waals surface area contributed by atoms with Crippen molar-refractivity contribution in [1.82, 2.24) is 14.6 Å². The van der Waals surface area contributed by atoms with Crippen molar-refractivity contribution < 1.29 is 23.9 Å². The lowest BCUT2D eigenvalue weighted by Crippen LogP contribution is -2.50. The van der Waals surface area contributed by atoms with E-state index in [1.807, 2.05) is 37.3 Å². The van der Waals surface area contributed by atoms with E-state index in [4.69, 9.17) is 19.3 Å². The van der Waals surface area contributed by atoms with Gasteiger partial charge in [0.15, 0.2) is 11.9 Å². The third-order valence-electron chi connectivity index (χ3n) is 4.82. The summed E-state index contributed by atoms with van der Waals surface area (Å²) in [5.74, 6) is 0. The fourth-order valence-electron chi connectivity index (χ4n) is 3.42. The number of aryl methyl sites for hydroxylation is 1. The summed E-state index contributed by atoms with van der Waals surface area (Å²) >= 11 is 1.57. The van der Waals surface area contributed by atoms with Gasteiger partial charge in [0.1, 0.15) is 5.01 Å². The second kappa shape index (κ2) is 8.89. The predicted octanol–water partition coefficient (Wildman–Crippen LogP) is 5.72. The van der Waals surface area contributed by atoms with E-state index in [1.54, 1.807) is 43.5 Å². The van der Waals surface area contributed by atoms with E-state index in [1.165, 1.54) is 6.20 Å². The maximum Gasteiger partial charge on any atom is 0.570 e. The van der Waals surface area contributed by atoms with E-state index < -0.39 is 16.9 Å². The first kappa shape index (κ1) is 21.7. The third-order valence-corrected chi connectivity index (χ3v) is 5.82. The van der Waals surface area contributed by atoms with Gasteiger partial charge in [0.25, 0.3) is 0 Å². The normalized spacial score (nSPS) is 16.5. The molecule has 2 aromatic heterocycles. The zero-order chi connectivity index (χ0) is 22.7. The fourth-order valence-corrected chi connectivity index (χ4v) is 4.34. The largest absolute Gasteiger partial charge is 0.570 e. The molecule has 0 spiro atoms. The molecule has 0 saturated heterocycles. The number of amides is 1. The molecule has 32 heavy (non-hydrogen) atoms. The van der Waals surface area contributed by atoms with Gasteiger partial charge < -0.3 is 9.47 Å². The SMILES string of the molecule is CCOC(=O)O[N+]1(C(=O)OCC)C=Cc2cc(-c3nc(-c4ccccn4)sc3C)ccc21. The second-order valence-electron chi connectivity index (χ2n) is 6.86. The van der Waals surface area contributed by atoms with Crippen LogP contribution in [-0.2, 0) is 14.3 Å². The predicted molar refractivity (Wildman–Crippen MR) is 121 cm³/mol. The maximum absolute atomic E-state index is 12.8. The number of benzene rings is 1. The first-order valence-corrected chi connectivity index (χ1v) is 11.0. The summed E-state index contributed by atoms with van der Waals surface area (Å²) in [6.07, 6.45) is 3.23. The van der Waals surface area contributed by atoms with Crippen LogP contribution >= 0.6 is 11.3 Å². The van der Waals surface area contributed by atoms with Crippen molar-refractivity contribution in [2.75, 3.05) is 13.2 Å². The molecule has 0 fully saturated rings. The summed E-state index contributed by atoms with van der Waals surface area (Å²) in [4.78, 5) is 40.5. The van der Waals surface area contributed by atoms with Crippen molar-refractivity contribution in [3.05, 3.63) is 59.2 Å². The summed E-state index contributed by atoms with van der Waals surface area (Å²) in [5.41, 5.74) is 3.70. The Morgan fingerprint density at radius 2 is 1.91 bits per heavy atom. The van der Waals surface area contributed by atoms with Crippen LogP contribution in [0.5, 0.6) is 0 Å². The Hall–Kier alpha value is -3.56. The number of pyridine rings is 1. The van der Waals surface area contributed by atoms with Crippen LogP contribution in [0.1, 0.15) is 24.3 Å². The molecule has 164 valence electrons. The van der Waals surface area contributed by atoms with Crippen molar-refractivity contribution in [2.24, 2.45) is 0 Å². The molecule has 1 aliphatic rings. The Balaban J connectivity index is 1.72. The number of carbonyl (C=O) groups excluding carboxylic acids is 2. The van der Waals surface area contributed by atoms with E-state index in [0.29, 0.717) is 11.3 Å². The molecule has 3 heterocycles. The van der Waals surface area contributed by atoms with E-state index in [9.17, 15) is 9.59 Å². The van der Waals surface area contributed by atoms with Crippen molar-refractivity contribution in [1.29, 1.82) is 0 Å². The average Bonchev–Trinajstić information content (AvgIpc) is 3.36. The van der Waals surface area contributed by atoms with Crippen LogP contribution < -0.4 is 4.65 Å². The summed E-state index contributed by atoms with van der Waals surface area (Å²) < 4.78 is 9.23. The van der Waals surface area contributed by atoms with Crippen LogP contribution in [0, 0.1) is 6.92 Å². The number of thiazole rings is 1. The van der Waals surface area contributed by atoms with Crippen LogP contribution in [0.4, 0.5) is 15.3 Å². The van der Waals surface area contributed by atoms with Gasteiger partial charge in [0.05, 0.1) is 24.6 Å². The first-order valence-electron chi connectivity index (χ1n) is 10.1. The summed E-state index contributed by atoms with van der Waals surface area (Å²) in [6.45, 7) is 5.61. The van der Waals surface area contributed by atoms with Gasteiger partial charge >= 0.3 is 12.2 Å². The monoisotopic (exact) mass is 452 g/mol. The molecular weight excluding hydrogens is 430 g/mol. The van der Waals surface area contributed by atoms with Crippen LogP contribution in [0.25, 0.3) is 28.0 Å². The number of quaternary nitrogens is 1. The van der Waals surface area contributed by atoms with Crippen molar-refractivity contribution in [3.63, 3.8) is 0 Å². The summed E-state index contributed by atoms with van der Waals surface area (Å²) in [7, 11) is 0. The lowest BCUT2D eigenvalue weighted by Gasteiger charge is -2.23. The highest BCUT2D eigenvalue weighted by Crippen LogP contribution is 2.41. The maximum atomic E-state index is 12.8. The van der Waals surface area contributed by atoms with Gasteiger partial charge in [0.2, 0.25) is 0 Å². The van der Waals surface area contributed by atoms with Crippen molar-refractivity contribution >= 4 is 35.3 Å². The number of hydrogen-bond donors (Lipinski definition) is 0. The highest BCUT2D eigenvalue weighted by molar-refractivity contribution is 7.15. The fraction of sp³-hybridized carbons (Fsp3) is 0.217. The number of hydrogen-bond acceptors (Lipinski definition) is 8. The summed E-state index contributed by atoms with van der Waals surface area (Å²) in [5, 5.41) is 0.830. The minimum absolute atomic E-state index is 0.124. The number of carbonyl (C=O) groups is 2. The lowest BCUT2D eigenvalue weighted by atomic mass is 10.1. The second-order valence-corrected chi connectivity index (χ2v) is 8.06. The molecule has 0 N–H and O–H groups in total. The highest BCUT2D eigenvalue weighted by atomic mass is 32.1. The van der Waals surface area contributed by atoms with Crippen LogP contribution in [-0.4, -0.2) is 35.4 Å². The van der Waals surface area contributed by atoms with Crippen LogP contribution in [0.2, 0.25) is 0 Å². The molecule has 1 atom stereocenters. The molecule has 0 saturated carbocycles. The van der Waals surface area contributed by atoms with Gasteiger partial charge in [-0.25, -0.2) is 9.82 Å². The zero-order valence-corrected chi connectivity index (χ0v) is 18.7. The van der Waals surface area contributed by atoms with Gasteiger partial charge in [-0.05, 0) is 45.0 Å². The molecule has 0 radical (unpaired) electrons. The average molecular weight is 453 g/mol. The Bertz CT molecular complexity index is 1190. The molecule has 9 heteroatoms. The van der Waals surface area contributed by atoms with Crippen molar-refractivity contribution in [2.45, 2.75) is 20.8 Å². The Morgan fingerprint density at radius 1 is 1.09 bits per heavy atom. The van der Waals surface area contributed by atoms with Gasteiger partial charge in [-0.15, -0.1) is 11.3 Å².